The van der Waals surface area contributed by atoms with E-state index >= 15 is 0 Å². The summed E-state index contributed by atoms with van der Waals surface area (Å²) in [5, 5.41) is 6.38. The molecule has 5 nitrogen and oxygen atoms in total. The lowest BCUT2D eigenvalue weighted by molar-refractivity contribution is -0.117. The van der Waals surface area contributed by atoms with Gasteiger partial charge in [0.15, 0.2) is 0 Å². The molecule has 1 amide bonds. The van der Waals surface area contributed by atoms with E-state index in [0.717, 1.165) is 47.3 Å². The summed E-state index contributed by atoms with van der Waals surface area (Å²) in [6.07, 6.45) is 8.97. The summed E-state index contributed by atoms with van der Waals surface area (Å²) in [4.78, 5) is 20.8. The van der Waals surface area contributed by atoms with Crippen LogP contribution in [0.5, 0.6) is 0 Å². The van der Waals surface area contributed by atoms with Crippen molar-refractivity contribution in [3.8, 4) is 22.3 Å². The van der Waals surface area contributed by atoms with E-state index < -0.39 is 0 Å². The molecule has 0 radical (unpaired) electrons. The molecular formula is C21H20N4O. The SMILES string of the molecule is O=C(Nc1cc(-c2ccncc2)ccc1-c1ccncc1)[C@@H]1CCCN1. The Bertz CT molecular complexity index is 890. The fraction of sp³-hybridized carbons (Fsp3) is 0.190. The smallest absolute Gasteiger partial charge is 0.241 e. The van der Waals surface area contributed by atoms with Crippen molar-refractivity contribution in [1.82, 2.24) is 15.3 Å². The van der Waals surface area contributed by atoms with Crippen LogP contribution in [0.15, 0.2) is 67.3 Å². The van der Waals surface area contributed by atoms with Gasteiger partial charge in [-0.3, -0.25) is 14.8 Å². The van der Waals surface area contributed by atoms with Gasteiger partial charge >= 0.3 is 0 Å². The number of rotatable bonds is 4. The van der Waals surface area contributed by atoms with Gasteiger partial charge in [0.05, 0.1) is 6.04 Å². The molecule has 130 valence electrons. The number of carbonyl (C=O) groups excluding carboxylic acids is 1. The minimum absolute atomic E-state index is 0.0182. The highest BCUT2D eigenvalue weighted by Crippen LogP contribution is 2.32. The Morgan fingerprint density at radius 3 is 2.27 bits per heavy atom. The van der Waals surface area contributed by atoms with E-state index in [0.29, 0.717) is 0 Å². The molecule has 2 N–H and O–H groups in total. The van der Waals surface area contributed by atoms with Gasteiger partial charge in [-0.05, 0) is 66.4 Å². The van der Waals surface area contributed by atoms with Gasteiger partial charge in [0.25, 0.3) is 0 Å². The lowest BCUT2D eigenvalue weighted by atomic mass is 9.99. The van der Waals surface area contributed by atoms with E-state index in [2.05, 4.69) is 26.7 Å². The standard InChI is InChI=1S/C21H20N4O/c26-21(19-2-1-9-24-19)25-20-14-17(15-5-10-22-11-6-15)3-4-18(20)16-7-12-23-13-8-16/h3-8,10-14,19,24H,1-2,9H2,(H,25,26)/t19-/m0/s1. The molecule has 3 aromatic rings. The van der Waals surface area contributed by atoms with Gasteiger partial charge < -0.3 is 10.6 Å². The van der Waals surface area contributed by atoms with E-state index in [4.69, 9.17) is 0 Å². The molecule has 0 saturated carbocycles. The van der Waals surface area contributed by atoms with Crippen LogP contribution in [-0.4, -0.2) is 28.5 Å². The van der Waals surface area contributed by atoms with Crippen LogP contribution in [-0.2, 0) is 4.79 Å². The first kappa shape index (κ1) is 16.4. The second-order valence-corrected chi connectivity index (χ2v) is 6.37. The lowest BCUT2D eigenvalue weighted by Crippen LogP contribution is -2.35. The normalized spacial score (nSPS) is 16.4. The third kappa shape index (κ3) is 3.48. The number of benzene rings is 1. The van der Waals surface area contributed by atoms with Gasteiger partial charge in [-0.1, -0.05) is 12.1 Å². The van der Waals surface area contributed by atoms with Crippen molar-refractivity contribution in [3.63, 3.8) is 0 Å². The Hall–Kier alpha value is -3.05. The van der Waals surface area contributed by atoms with Gasteiger partial charge in [0.2, 0.25) is 5.91 Å². The van der Waals surface area contributed by atoms with Crippen LogP contribution < -0.4 is 10.6 Å². The number of amides is 1. The molecule has 0 spiro atoms. The first-order chi connectivity index (χ1) is 12.8. The summed E-state index contributed by atoms with van der Waals surface area (Å²) in [5.41, 5.74) is 4.92. The van der Waals surface area contributed by atoms with Crippen molar-refractivity contribution < 1.29 is 4.79 Å². The summed E-state index contributed by atoms with van der Waals surface area (Å²) >= 11 is 0. The molecule has 1 fully saturated rings. The maximum Gasteiger partial charge on any atom is 0.241 e. The molecule has 1 aromatic carbocycles. The summed E-state index contributed by atoms with van der Waals surface area (Å²) in [6.45, 7) is 0.895. The fourth-order valence-corrected chi connectivity index (χ4v) is 3.28. The van der Waals surface area contributed by atoms with Crippen molar-refractivity contribution in [2.45, 2.75) is 18.9 Å². The molecular weight excluding hydrogens is 324 g/mol. The van der Waals surface area contributed by atoms with Crippen LogP contribution >= 0.6 is 0 Å². The first-order valence-electron chi connectivity index (χ1n) is 8.80. The predicted molar refractivity (Wildman–Crippen MR) is 103 cm³/mol. The largest absolute Gasteiger partial charge is 0.324 e. The molecule has 0 unspecified atom stereocenters. The molecule has 1 saturated heterocycles. The zero-order chi connectivity index (χ0) is 17.8. The molecule has 0 aliphatic carbocycles. The van der Waals surface area contributed by atoms with E-state index in [1.807, 2.05) is 36.4 Å². The zero-order valence-electron chi connectivity index (χ0n) is 14.4. The highest BCUT2D eigenvalue weighted by Gasteiger charge is 2.23. The van der Waals surface area contributed by atoms with Crippen LogP contribution in [0.2, 0.25) is 0 Å². The number of anilines is 1. The van der Waals surface area contributed by atoms with Crippen molar-refractivity contribution in [1.29, 1.82) is 0 Å². The van der Waals surface area contributed by atoms with E-state index in [-0.39, 0.29) is 11.9 Å². The minimum Gasteiger partial charge on any atom is -0.324 e. The van der Waals surface area contributed by atoms with E-state index in [9.17, 15) is 4.79 Å². The molecule has 5 heteroatoms. The lowest BCUT2D eigenvalue weighted by Gasteiger charge is -2.16. The zero-order valence-corrected chi connectivity index (χ0v) is 14.4. The number of nitrogens with one attached hydrogen (secondary N) is 2. The van der Waals surface area contributed by atoms with Crippen molar-refractivity contribution in [2.24, 2.45) is 0 Å². The molecule has 0 bridgehead atoms. The number of aromatic nitrogens is 2. The Balaban J connectivity index is 1.72. The fourth-order valence-electron chi connectivity index (χ4n) is 3.28. The number of hydrogen-bond donors (Lipinski definition) is 2. The van der Waals surface area contributed by atoms with Crippen molar-refractivity contribution in [2.75, 3.05) is 11.9 Å². The Morgan fingerprint density at radius 2 is 1.62 bits per heavy atom. The summed E-state index contributed by atoms with van der Waals surface area (Å²) in [5.74, 6) is 0.0182. The average Bonchev–Trinajstić information content (AvgIpc) is 3.24. The monoisotopic (exact) mass is 344 g/mol. The van der Waals surface area contributed by atoms with Gasteiger partial charge in [-0.2, -0.15) is 0 Å². The molecule has 26 heavy (non-hydrogen) atoms. The molecule has 2 aromatic heterocycles. The third-order valence-corrected chi connectivity index (χ3v) is 4.66. The highest BCUT2D eigenvalue weighted by molar-refractivity contribution is 5.99. The van der Waals surface area contributed by atoms with Crippen LogP contribution in [0.4, 0.5) is 5.69 Å². The van der Waals surface area contributed by atoms with Gasteiger partial charge in [0, 0.05) is 36.0 Å². The highest BCUT2D eigenvalue weighted by atomic mass is 16.2. The number of pyridine rings is 2. The Kier molecular flexibility index (Phi) is 4.71. The van der Waals surface area contributed by atoms with Crippen molar-refractivity contribution in [3.05, 3.63) is 67.3 Å². The van der Waals surface area contributed by atoms with Gasteiger partial charge in [-0.25, -0.2) is 0 Å². The van der Waals surface area contributed by atoms with E-state index in [1.165, 1.54) is 0 Å². The summed E-state index contributed by atoms with van der Waals surface area (Å²) in [7, 11) is 0. The molecule has 1 atom stereocenters. The molecule has 3 heterocycles. The quantitative estimate of drug-likeness (QED) is 0.760. The van der Waals surface area contributed by atoms with Gasteiger partial charge in [-0.15, -0.1) is 0 Å². The number of nitrogens with zero attached hydrogens (tertiary/aromatic N) is 2. The molecule has 1 aliphatic rings. The maximum atomic E-state index is 12.7. The van der Waals surface area contributed by atoms with Crippen LogP contribution in [0.1, 0.15) is 12.8 Å². The second kappa shape index (κ2) is 7.45. The van der Waals surface area contributed by atoms with Crippen LogP contribution in [0.25, 0.3) is 22.3 Å². The third-order valence-electron chi connectivity index (χ3n) is 4.66. The number of hydrogen-bond acceptors (Lipinski definition) is 4. The van der Waals surface area contributed by atoms with E-state index in [1.54, 1.807) is 24.8 Å². The Morgan fingerprint density at radius 1 is 0.923 bits per heavy atom. The topological polar surface area (TPSA) is 66.9 Å². The maximum absolute atomic E-state index is 12.7. The number of carbonyl (C=O) groups is 1. The Labute approximate surface area is 152 Å². The van der Waals surface area contributed by atoms with Gasteiger partial charge in [0.1, 0.15) is 0 Å². The minimum atomic E-state index is -0.120. The first-order valence-corrected chi connectivity index (χ1v) is 8.80. The average molecular weight is 344 g/mol. The van der Waals surface area contributed by atoms with Crippen LogP contribution in [0, 0.1) is 0 Å². The summed E-state index contributed by atoms with van der Waals surface area (Å²) < 4.78 is 0. The summed E-state index contributed by atoms with van der Waals surface area (Å²) in [6, 6.07) is 13.8. The second-order valence-electron chi connectivity index (χ2n) is 6.37. The molecule has 1 aliphatic heterocycles. The van der Waals surface area contributed by atoms with Crippen LogP contribution in [0.3, 0.4) is 0 Å². The molecule has 4 rings (SSSR count). The predicted octanol–water partition coefficient (Wildman–Crippen LogP) is 3.50. The van der Waals surface area contributed by atoms with Crippen molar-refractivity contribution >= 4 is 11.6 Å².